The number of carbonyl (C=O) groups is 1. The van der Waals surface area contributed by atoms with Crippen LogP contribution in [-0.4, -0.2) is 65.3 Å². The number of ether oxygens (including phenoxy) is 3. The van der Waals surface area contributed by atoms with Gasteiger partial charge in [0.1, 0.15) is 12.7 Å². The lowest BCUT2D eigenvalue weighted by molar-refractivity contribution is -0.200. The van der Waals surface area contributed by atoms with Crippen molar-refractivity contribution in [1.82, 2.24) is 0 Å². The minimum atomic E-state index is -1.39. The number of hydrogen-bond donors (Lipinski definition) is 2. The fourth-order valence-electron chi connectivity index (χ4n) is 11.0. The van der Waals surface area contributed by atoms with E-state index < -0.39 is 28.8 Å². The number of aliphatic hydroxyl groups excluding tert-OH is 1. The first-order valence-corrected chi connectivity index (χ1v) is 17.5. The normalized spacial score (nSPS) is 46.4. The highest BCUT2D eigenvalue weighted by molar-refractivity contribution is 5.95. The Bertz CT molecular complexity index is 1390. The van der Waals surface area contributed by atoms with Gasteiger partial charge in [0, 0.05) is 17.9 Å². The van der Waals surface area contributed by atoms with E-state index in [1.165, 1.54) is 0 Å². The smallest absolute Gasteiger partial charge is 0.159 e. The summed E-state index contributed by atoms with van der Waals surface area (Å²) in [6.45, 7) is 12.0. The zero-order valence-corrected chi connectivity index (χ0v) is 27.8. The van der Waals surface area contributed by atoms with E-state index in [2.05, 4.69) is 51.7 Å². The fourth-order valence-corrected chi connectivity index (χ4v) is 11.0. The molecule has 8 aliphatic rings. The molecule has 2 N–H and O–H groups in total. The van der Waals surface area contributed by atoms with Crippen LogP contribution in [0.3, 0.4) is 0 Å². The molecule has 0 unspecified atom stereocenters. The molecular formula is C39H52O6. The molecule has 4 heterocycles. The van der Waals surface area contributed by atoms with Crippen LogP contribution < -0.4 is 0 Å². The van der Waals surface area contributed by atoms with Gasteiger partial charge in [0.2, 0.25) is 0 Å². The van der Waals surface area contributed by atoms with Crippen molar-refractivity contribution in [3.8, 4) is 11.8 Å². The number of hydrogen-bond acceptors (Lipinski definition) is 6. The van der Waals surface area contributed by atoms with E-state index in [9.17, 15) is 15.0 Å². The molecule has 3 saturated carbocycles. The molecule has 1 spiro atoms. The Morgan fingerprint density at radius 2 is 1.78 bits per heavy atom. The first-order valence-electron chi connectivity index (χ1n) is 17.5. The molecule has 0 radical (unpaired) electrons. The zero-order valence-electron chi connectivity index (χ0n) is 27.8. The second kappa shape index (κ2) is 11.3. The summed E-state index contributed by atoms with van der Waals surface area (Å²) in [7, 11) is 0. The van der Waals surface area contributed by atoms with Crippen molar-refractivity contribution in [2.24, 2.45) is 40.4 Å². The quantitative estimate of drug-likeness (QED) is 0.413. The van der Waals surface area contributed by atoms with Gasteiger partial charge in [-0.25, -0.2) is 0 Å². The molecule has 1 saturated heterocycles. The van der Waals surface area contributed by atoms with Gasteiger partial charge in [-0.3, -0.25) is 4.79 Å². The highest BCUT2D eigenvalue weighted by Crippen LogP contribution is 2.70. The van der Waals surface area contributed by atoms with E-state index in [-0.39, 0.29) is 53.5 Å². The van der Waals surface area contributed by atoms with Crippen LogP contribution in [0.2, 0.25) is 0 Å². The van der Waals surface area contributed by atoms with Gasteiger partial charge in [-0.05, 0) is 98.2 Å². The standard InChI is InChI=1S/C39H52O6/c1-24-22-44-34(25(24)2)35(41)38(5,42)33-15-18-39-30-21-32(40)31-20-28(13-16-36(31,3)29(30)14-17-37(33,39)4)43-23-27(12-9-19-45-39)26-10-7-6-8-11-26/h6-8,10-11,21,24-25,27-29,31,33-35,41-42H,13-20,22-23H2,1-5H3/t24-,25+,27+,28-,29-,31-,33-,34-,35+,36+,37+,38-,39+/m0/s1. The van der Waals surface area contributed by atoms with Gasteiger partial charge in [-0.15, -0.1) is 0 Å². The molecule has 4 aliphatic carbocycles. The summed E-state index contributed by atoms with van der Waals surface area (Å²) < 4.78 is 19.7. The molecular weight excluding hydrogens is 564 g/mol. The molecule has 4 aliphatic heterocycles. The highest BCUT2D eigenvalue weighted by Gasteiger charge is 2.70. The van der Waals surface area contributed by atoms with Crippen molar-refractivity contribution >= 4 is 5.78 Å². The first kappa shape index (κ1) is 31.6. The van der Waals surface area contributed by atoms with Crippen molar-refractivity contribution in [3.63, 3.8) is 0 Å². The highest BCUT2D eigenvalue weighted by atomic mass is 16.5. The number of carbonyl (C=O) groups excluding carboxylic acids is 1. The predicted molar refractivity (Wildman–Crippen MR) is 172 cm³/mol. The molecule has 1 aromatic carbocycles. The minimum Gasteiger partial charge on any atom is -0.387 e. The summed E-state index contributed by atoms with van der Waals surface area (Å²) >= 11 is 0. The number of allylic oxidation sites excluding steroid dienone is 1. The summed E-state index contributed by atoms with van der Waals surface area (Å²) in [6.07, 6.45) is 6.38. The molecule has 244 valence electrons. The van der Waals surface area contributed by atoms with Crippen LogP contribution in [0.5, 0.6) is 0 Å². The second-order valence-corrected chi connectivity index (χ2v) is 16.1. The fraction of sp³-hybridized carbons (Fsp3) is 0.718. The lowest BCUT2D eigenvalue weighted by Gasteiger charge is -2.61. The largest absolute Gasteiger partial charge is 0.387 e. The average molecular weight is 617 g/mol. The van der Waals surface area contributed by atoms with Gasteiger partial charge in [0.25, 0.3) is 0 Å². The number of benzene rings is 1. The molecule has 6 heteroatoms. The van der Waals surface area contributed by atoms with Crippen molar-refractivity contribution in [1.29, 1.82) is 0 Å². The summed E-state index contributed by atoms with van der Waals surface area (Å²) in [6, 6.07) is 10.3. The minimum absolute atomic E-state index is 0.0485. The first-order chi connectivity index (χ1) is 21.4. The summed E-state index contributed by atoms with van der Waals surface area (Å²) in [4.78, 5) is 14.2. The molecule has 9 rings (SSSR count). The molecule has 13 atom stereocenters. The molecule has 6 bridgehead atoms. The van der Waals surface area contributed by atoms with Crippen LogP contribution in [0.15, 0.2) is 42.0 Å². The Morgan fingerprint density at radius 3 is 2.51 bits per heavy atom. The molecule has 45 heavy (non-hydrogen) atoms. The van der Waals surface area contributed by atoms with E-state index >= 15 is 0 Å². The second-order valence-electron chi connectivity index (χ2n) is 16.1. The van der Waals surface area contributed by atoms with Gasteiger partial charge in [0.05, 0.1) is 35.9 Å². The van der Waals surface area contributed by atoms with E-state index in [4.69, 9.17) is 14.2 Å². The van der Waals surface area contributed by atoms with Gasteiger partial charge < -0.3 is 24.4 Å². The van der Waals surface area contributed by atoms with Crippen LogP contribution in [-0.2, 0) is 19.0 Å². The average Bonchev–Trinajstić information content (AvgIpc) is 3.52. The number of ketones is 1. The van der Waals surface area contributed by atoms with Gasteiger partial charge >= 0.3 is 0 Å². The van der Waals surface area contributed by atoms with Crippen LogP contribution in [0, 0.1) is 52.3 Å². The van der Waals surface area contributed by atoms with Crippen LogP contribution in [0.1, 0.15) is 91.0 Å². The van der Waals surface area contributed by atoms with E-state index in [1.54, 1.807) is 0 Å². The molecule has 1 aromatic rings. The van der Waals surface area contributed by atoms with E-state index in [0.717, 1.165) is 43.2 Å². The Labute approximate surface area is 269 Å². The number of rotatable bonds is 4. The number of fused-ring (bicyclic) bond motifs is 2. The third-order valence-corrected chi connectivity index (χ3v) is 14.0. The molecule has 0 amide bonds. The lowest BCUT2D eigenvalue weighted by Crippen LogP contribution is -2.64. The maximum atomic E-state index is 14.2. The van der Waals surface area contributed by atoms with Gasteiger partial charge in [0.15, 0.2) is 5.78 Å². The van der Waals surface area contributed by atoms with Gasteiger partial charge in [-0.2, -0.15) is 0 Å². The summed E-state index contributed by atoms with van der Waals surface area (Å²) in [5, 5.41) is 24.1. The van der Waals surface area contributed by atoms with Crippen molar-refractivity contribution < 1.29 is 29.2 Å². The molecule has 4 fully saturated rings. The van der Waals surface area contributed by atoms with Crippen LogP contribution >= 0.6 is 0 Å². The van der Waals surface area contributed by atoms with Crippen LogP contribution in [0.25, 0.3) is 0 Å². The molecule has 6 nitrogen and oxygen atoms in total. The monoisotopic (exact) mass is 616 g/mol. The SMILES string of the molecule is C[C@H]1[C@@H]([C@@H](O)[C@@](C)(O)[C@H]2CC[C@@]34OCC#C[C@@H](c5ccccc5)CO[C@H]5CC[C@@]6(C)[C@@H](C5)C(=O)C=C3[C@@H]6CC[C@]24C)OC[C@@H]1C. The van der Waals surface area contributed by atoms with Crippen molar-refractivity contribution in [3.05, 3.63) is 47.5 Å². The maximum Gasteiger partial charge on any atom is 0.159 e. The third-order valence-electron chi connectivity index (χ3n) is 14.0. The Hall–Kier alpha value is -2.01. The number of aliphatic hydroxyl groups is 2. The predicted octanol–water partition coefficient (Wildman–Crippen LogP) is 5.85. The summed E-state index contributed by atoms with van der Waals surface area (Å²) in [5.74, 6) is 7.39. The lowest BCUT2D eigenvalue weighted by atomic mass is 9.45. The van der Waals surface area contributed by atoms with E-state index in [0.29, 0.717) is 32.0 Å². The van der Waals surface area contributed by atoms with E-state index in [1.807, 2.05) is 31.2 Å². The Morgan fingerprint density at radius 1 is 1.00 bits per heavy atom. The topological polar surface area (TPSA) is 85.2 Å². The van der Waals surface area contributed by atoms with Crippen LogP contribution in [0.4, 0.5) is 0 Å². The third kappa shape index (κ3) is 4.74. The van der Waals surface area contributed by atoms with Crippen molar-refractivity contribution in [2.45, 2.75) is 115 Å². The molecule has 0 aromatic heterocycles. The Balaban J connectivity index is 1.30. The Kier molecular flexibility index (Phi) is 7.94. The summed E-state index contributed by atoms with van der Waals surface area (Å²) in [5.41, 5.74) is -0.530. The van der Waals surface area contributed by atoms with Crippen molar-refractivity contribution in [2.75, 3.05) is 19.8 Å². The zero-order chi connectivity index (χ0) is 31.8. The maximum absolute atomic E-state index is 14.2. The van der Waals surface area contributed by atoms with Gasteiger partial charge in [-0.1, -0.05) is 69.9 Å².